The van der Waals surface area contributed by atoms with E-state index in [0.717, 1.165) is 10.4 Å². The molecule has 36 heavy (non-hydrogen) atoms. The van der Waals surface area contributed by atoms with Gasteiger partial charge >= 0.3 is 6.18 Å². The zero-order chi connectivity index (χ0) is 26.1. The number of pyridine rings is 1. The average Bonchev–Trinajstić information content (AvgIpc) is 3.34. The Kier molecular flexibility index (Phi) is 7.61. The number of nitrogens with zero attached hydrogens (tertiary/aromatic N) is 4. The van der Waals surface area contributed by atoms with Crippen LogP contribution < -0.4 is 10.6 Å². The van der Waals surface area contributed by atoms with Crippen molar-refractivity contribution in [3.8, 4) is 10.6 Å². The third-order valence-electron chi connectivity index (χ3n) is 5.99. The van der Waals surface area contributed by atoms with E-state index in [4.69, 9.17) is 4.98 Å². The van der Waals surface area contributed by atoms with Crippen LogP contribution in [0.15, 0.2) is 12.3 Å². The number of ether oxygens (including phenoxy) is 1. The molecule has 0 amide bonds. The Labute approximate surface area is 208 Å². The summed E-state index contributed by atoms with van der Waals surface area (Å²) in [7, 11) is 0. The smallest absolute Gasteiger partial charge is 0.396 e. The second-order valence-corrected chi connectivity index (χ2v) is 9.72. The van der Waals surface area contributed by atoms with E-state index in [2.05, 4.69) is 30.3 Å². The van der Waals surface area contributed by atoms with Crippen molar-refractivity contribution in [2.24, 2.45) is 5.92 Å². The van der Waals surface area contributed by atoms with Crippen molar-refractivity contribution < 1.29 is 33.2 Å². The van der Waals surface area contributed by atoms with Crippen molar-refractivity contribution in [2.45, 2.75) is 44.7 Å². The van der Waals surface area contributed by atoms with Crippen molar-refractivity contribution in [2.75, 3.05) is 37.0 Å². The summed E-state index contributed by atoms with van der Waals surface area (Å²) in [5.74, 6) is -0.220. The molecule has 1 saturated carbocycles. The molecule has 0 radical (unpaired) electrons. The van der Waals surface area contributed by atoms with E-state index in [1.807, 2.05) is 13.0 Å². The molecule has 0 aliphatic heterocycles. The van der Waals surface area contributed by atoms with Gasteiger partial charge in [-0.1, -0.05) is 0 Å². The number of halogens is 3. The Morgan fingerprint density at radius 3 is 2.67 bits per heavy atom. The number of aryl methyl sites for hydroxylation is 2. The van der Waals surface area contributed by atoms with Crippen LogP contribution in [0.4, 0.5) is 24.9 Å². The Morgan fingerprint density at radius 2 is 2.00 bits per heavy atom. The summed E-state index contributed by atoms with van der Waals surface area (Å²) in [4.78, 5) is 17.8. The molecule has 5 N–H and O–H groups in total. The Morgan fingerprint density at radius 1 is 1.22 bits per heavy atom. The normalized spacial score (nSPS) is 22.3. The highest BCUT2D eigenvalue weighted by Crippen LogP contribution is 2.40. The van der Waals surface area contributed by atoms with E-state index < -0.39 is 30.5 Å². The number of hydrogen-bond acceptors (Lipinski definition) is 11. The first-order chi connectivity index (χ1) is 17.0. The lowest BCUT2D eigenvalue weighted by molar-refractivity contribution is -0.172. The maximum atomic E-state index is 12.3. The molecule has 1 fully saturated rings. The largest absolute Gasteiger partial charge is 0.411 e. The van der Waals surface area contributed by atoms with Crippen molar-refractivity contribution in [1.29, 1.82) is 0 Å². The molecule has 14 heteroatoms. The number of anilines is 2. The highest BCUT2D eigenvalue weighted by Gasteiger charge is 2.47. The van der Waals surface area contributed by atoms with Gasteiger partial charge in [-0.05, 0) is 32.8 Å². The zero-order valence-corrected chi connectivity index (χ0v) is 20.4. The van der Waals surface area contributed by atoms with Gasteiger partial charge in [0.15, 0.2) is 5.72 Å². The lowest BCUT2D eigenvalue weighted by atomic mass is 10.0. The van der Waals surface area contributed by atoms with Crippen LogP contribution in [0.2, 0.25) is 0 Å². The van der Waals surface area contributed by atoms with E-state index in [1.54, 1.807) is 13.1 Å². The molecule has 196 valence electrons. The van der Waals surface area contributed by atoms with Gasteiger partial charge in [0.05, 0.1) is 28.3 Å². The summed E-state index contributed by atoms with van der Waals surface area (Å²) >= 11 is 1.39. The minimum Gasteiger partial charge on any atom is -0.396 e. The van der Waals surface area contributed by atoms with Gasteiger partial charge in [-0.3, -0.25) is 4.98 Å². The van der Waals surface area contributed by atoms with Gasteiger partial charge in [-0.25, -0.2) is 9.97 Å². The molecule has 0 saturated heterocycles. The summed E-state index contributed by atoms with van der Waals surface area (Å²) < 4.78 is 42.4. The van der Waals surface area contributed by atoms with Crippen molar-refractivity contribution in [3.63, 3.8) is 0 Å². The fourth-order valence-electron chi connectivity index (χ4n) is 4.14. The van der Waals surface area contributed by atoms with Crippen molar-refractivity contribution in [1.82, 2.24) is 19.9 Å². The van der Waals surface area contributed by atoms with Crippen LogP contribution in [0.25, 0.3) is 20.8 Å². The topological polar surface area (TPSA) is 146 Å². The number of nitrogens with one attached hydrogen (secondary N) is 2. The minimum atomic E-state index is -4.42. The molecular formula is C22H27F3N6O4S. The van der Waals surface area contributed by atoms with Crippen LogP contribution in [-0.2, 0) is 4.74 Å². The lowest BCUT2D eigenvalue weighted by Gasteiger charge is -2.31. The lowest BCUT2D eigenvalue weighted by Crippen LogP contribution is -2.48. The highest BCUT2D eigenvalue weighted by molar-refractivity contribution is 7.21. The summed E-state index contributed by atoms with van der Waals surface area (Å²) in [6.07, 6.45) is -3.42. The van der Waals surface area contributed by atoms with Gasteiger partial charge in [0.1, 0.15) is 29.1 Å². The van der Waals surface area contributed by atoms with E-state index in [9.17, 15) is 28.5 Å². The van der Waals surface area contributed by atoms with Crippen LogP contribution in [0.3, 0.4) is 0 Å². The van der Waals surface area contributed by atoms with E-state index in [0.29, 0.717) is 28.2 Å². The number of aromatic nitrogens is 4. The second kappa shape index (κ2) is 10.4. The van der Waals surface area contributed by atoms with Crippen molar-refractivity contribution in [3.05, 3.63) is 23.7 Å². The van der Waals surface area contributed by atoms with Gasteiger partial charge in [0.25, 0.3) is 0 Å². The average molecular weight is 529 g/mol. The molecule has 3 atom stereocenters. The van der Waals surface area contributed by atoms with Crippen LogP contribution in [0.5, 0.6) is 0 Å². The fourth-order valence-corrected chi connectivity index (χ4v) is 5.25. The Hall–Kier alpha value is -2.65. The third kappa shape index (κ3) is 5.67. The SMILES string of the molecule is Cc1nc(NCCOCC(F)(F)F)nc(NC2(O)CCC(CO)C2O)c1-c1nc2c(C)nccc2s1. The summed E-state index contributed by atoms with van der Waals surface area (Å²) in [6.45, 7) is 1.71. The zero-order valence-electron chi connectivity index (χ0n) is 19.6. The second-order valence-electron chi connectivity index (χ2n) is 8.69. The van der Waals surface area contributed by atoms with Crippen LogP contribution >= 0.6 is 11.3 Å². The number of hydrogen-bond donors (Lipinski definition) is 5. The van der Waals surface area contributed by atoms with Gasteiger partial charge in [0, 0.05) is 25.3 Å². The number of alkyl halides is 3. The molecule has 1 aliphatic rings. The molecular weight excluding hydrogens is 501 g/mol. The standard InChI is InChI=1S/C22H27F3N6O4S/c1-11-15(19-29-16-12(2)26-6-4-14(16)36-19)18(31-21(34)5-3-13(9-32)17(21)33)30-20(28-11)27-7-8-35-10-22(23,24)25/h4,6,13,17,32-34H,3,5,7-10H2,1-2H3,(H2,27,28,30,31). The first-order valence-electron chi connectivity index (χ1n) is 11.3. The minimum absolute atomic E-state index is 0.0137. The number of aliphatic hydroxyl groups is 3. The molecule has 0 spiro atoms. The monoisotopic (exact) mass is 528 g/mol. The van der Waals surface area contributed by atoms with E-state index in [-0.39, 0.29) is 37.9 Å². The van der Waals surface area contributed by atoms with Crippen LogP contribution in [-0.4, -0.2) is 79.6 Å². The molecule has 3 heterocycles. The summed E-state index contributed by atoms with van der Waals surface area (Å²) in [5, 5.41) is 37.6. The van der Waals surface area contributed by atoms with Crippen molar-refractivity contribution >= 4 is 33.3 Å². The highest BCUT2D eigenvalue weighted by atomic mass is 32.1. The Balaban J connectivity index is 1.66. The van der Waals surface area contributed by atoms with Crippen LogP contribution in [0, 0.1) is 19.8 Å². The predicted molar refractivity (Wildman–Crippen MR) is 128 cm³/mol. The Bertz CT molecular complexity index is 1230. The fraction of sp³-hybridized carbons (Fsp3) is 0.545. The number of thiazole rings is 1. The third-order valence-corrected chi connectivity index (χ3v) is 7.03. The number of rotatable bonds is 9. The molecule has 3 aromatic heterocycles. The van der Waals surface area contributed by atoms with E-state index in [1.165, 1.54) is 11.3 Å². The maximum absolute atomic E-state index is 12.3. The number of aliphatic hydroxyl groups excluding tert-OH is 2. The van der Waals surface area contributed by atoms with Gasteiger partial charge < -0.3 is 30.7 Å². The van der Waals surface area contributed by atoms with Crippen LogP contribution in [0.1, 0.15) is 24.2 Å². The first kappa shape index (κ1) is 26.4. The van der Waals surface area contributed by atoms with Gasteiger partial charge in [0.2, 0.25) is 5.95 Å². The quantitative estimate of drug-likeness (QED) is 0.208. The van der Waals surface area contributed by atoms with Gasteiger partial charge in [-0.2, -0.15) is 18.2 Å². The molecule has 1 aliphatic carbocycles. The maximum Gasteiger partial charge on any atom is 0.411 e. The molecule has 4 rings (SSSR count). The van der Waals surface area contributed by atoms with Gasteiger partial charge in [-0.15, -0.1) is 11.3 Å². The molecule has 3 unspecified atom stereocenters. The molecule has 0 aromatic carbocycles. The molecule has 0 bridgehead atoms. The summed E-state index contributed by atoms with van der Waals surface area (Å²) in [6, 6.07) is 1.84. The van der Waals surface area contributed by atoms with E-state index >= 15 is 0 Å². The predicted octanol–water partition coefficient (Wildman–Crippen LogP) is 2.62. The molecule has 10 nitrogen and oxygen atoms in total. The molecule has 3 aromatic rings. The first-order valence-corrected chi connectivity index (χ1v) is 12.1. The number of fused-ring (bicyclic) bond motifs is 1. The summed E-state index contributed by atoms with van der Waals surface area (Å²) in [5.41, 5.74) is 0.695.